The molecule has 1 aromatic carbocycles. The summed E-state index contributed by atoms with van der Waals surface area (Å²) in [5.41, 5.74) is 1.13. The number of nitrogens with zero attached hydrogens (tertiary/aromatic N) is 4. The number of rotatable bonds is 5. The zero-order valence-electron chi connectivity index (χ0n) is 13.6. The van der Waals surface area contributed by atoms with Gasteiger partial charge in [0.25, 0.3) is 5.91 Å². The second kappa shape index (κ2) is 7.05. The molecular weight excluding hydrogens is 292 g/mol. The Bertz CT molecular complexity index is 663. The summed E-state index contributed by atoms with van der Waals surface area (Å²) in [5, 5.41) is 14.8. The molecular formula is C17H20N4O2. The molecule has 1 heterocycles. The Morgan fingerprint density at radius 1 is 1.43 bits per heavy atom. The molecule has 0 N–H and O–H groups in total. The zero-order valence-corrected chi connectivity index (χ0v) is 13.6. The summed E-state index contributed by atoms with van der Waals surface area (Å²) in [6.07, 6.45) is 0.542. The van der Waals surface area contributed by atoms with E-state index in [1.165, 1.54) is 11.8 Å². The highest BCUT2D eigenvalue weighted by atomic mass is 16.2. The standard InChI is InChI=1S/C17H20N4O2/c1-12(9-10-18)20(3)17(23)15-11-16(13(2)22)21(19-15)14-7-5-4-6-8-14/h4-8,12,16H,9,11H2,1-3H3. The van der Waals surface area contributed by atoms with E-state index in [0.717, 1.165) is 5.69 Å². The molecule has 2 unspecified atom stereocenters. The summed E-state index contributed by atoms with van der Waals surface area (Å²) < 4.78 is 0. The fourth-order valence-corrected chi connectivity index (χ4v) is 2.45. The minimum Gasteiger partial charge on any atom is -0.337 e. The topological polar surface area (TPSA) is 76.8 Å². The van der Waals surface area contributed by atoms with Gasteiger partial charge in [-0.2, -0.15) is 10.4 Å². The fraction of sp³-hybridized carbons (Fsp3) is 0.412. The molecule has 6 heteroatoms. The third kappa shape index (κ3) is 3.57. The Labute approximate surface area is 136 Å². The van der Waals surface area contributed by atoms with Gasteiger partial charge in [-0.05, 0) is 26.0 Å². The number of hydrogen-bond donors (Lipinski definition) is 0. The molecule has 0 bridgehead atoms. The van der Waals surface area contributed by atoms with Gasteiger partial charge in [0.05, 0.1) is 18.2 Å². The van der Waals surface area contributed by atoms with Crippen LogP contribution in [0.4, 0.5) is 5.69 Å². The molecule has 120 valence electrons. The molecule has 2 rings (SSSR count). The van der Waals surface area contributed by atoms with Gasteiger partial charge < -0.3 is 4.90 Å². The van der Waals surface area contributed by atoms with Crippen LogP contribution in [0.1, 0.15) is 26.7 Å². The maximum absolute atomic E-state index is 12.6. The Hall–Kier alpha value is -2.68. The van der Waals surface area contributed by atoms with E-state index in [-0.39, 0.29) is 30.6 Å². The summed E-state index contributed by atoms with van der Waals surface area (Å²) in [6, 6.07) is 10.7. The number of Topliss-reactive ketones (excluding diaryl/α,β-unsaturated/α-hetero) is 1. The molecule has 0 aromatic heterocycles. The van der Waals surface area contributed by atoms with E-state index in [1.54, 1.807) is 12.1 Å². The Balaban J connectivity index is 2.25. The van der Waals surface area contributed by atoms with Gasteiger partial charge in [0, 0.05) is 19.5 Å². The Kier molecular flexibility index (Phi) is 5.12. The first-order valence-electron chi connectivity index (χ1n) is 7.52. The molecule has 1 aromatic rings. The van der Waals surface area contributed by atoms with Crippen LogP contribution >= 0.6 is 0 Å². The van der Waals surface area contributed by atoms with Crippen molar-refractivity contribution in [2.24, 2.45) is 5.10 Å². The highest BCUT2D eigenvalue weighted by Gasteiger charge is 2.35. The highest BCUT2D eigenvalue weighted by Crippen LogP contribution is 2.25. The van der Waals surface area contributed by atoms with E-state index in [9.17, 15) is 9.59 Å². The zero-order chi connectivity index (χ0) is 17.0. The van der Waals surface area contributed by atoms with Crippen molar-refractivity contribution in [3.63, 3.8) is 0 Å². The predicted octanol–water partition coefficient (Wildman–Crippen LogP) is 1.97. The Morgan fingerprint density at radius 3 is 2.65 bits per heavy atom. The number of hydrazone groups is 1. The number of para-hydroxylation sites is 1. The van der Waals surface area contributed by atoms with E-state index >= 15 is 0 Å². The molecule has 1 aliphatic heterocycles. The normalized spacial score (nSPS) is 18.1. The SMILES string of the molecule is CC(=O)C1CC(C(=O)N(C)C(C)CC#N)=NN1c1ccccc1. The van der Waals surface area contributed by atoms with Gasteiger partial charge in [0.15, 0.2) is 5.78 Å². The molecule has 1 aliphatic rings. The number of carbonyl (C=O) groups is 2. The number of hydrogen-bond acceptors (Lipinski definition) is 5. The second-order valence-electron chi connectivity index (χ2n) is 5.68. The van der Waals surface area contributed by atoms with Crippen LogP contribution in [0.2, 0.25) is 0 Å². The van der Waals surface area contributed by atoms with Crippen molar-refractivity contribution in [1.82, 2.24) is 4.90 Å². The number of anilines is 1. The number of nitriles is 1. The third-order valence-electron chi connectivity index (χ3n) is 4.02. The number of carbonyl (C=O) groups excluding carboxylic acids is 2. The van der Waals surface area contributed by atoms with Gasteiger partial charge in [-0.3, -0.25) is 14.6 Å². The quantitative estimate of drug-likeness (QED) is 0.833. The van der Waals surface area contributed by atoms with Crippen LogP contribution in [0.25, 0.3) is 0 Å². The fourth-order valence-electron chi connectivity index (χ4n) is 2.45. The summed E-state index contributed by atoms with van der Waals surface area (Å²) >= 11 is 0. The van der Waals surface area contributed by atoms with Crippen molar-refractivity contribution in [3.05, 3.63) is 30.3 Å². The molecule has 0 saturated carbocycles. The number of benzene rings is 1. The maximum atomic E-state index is 12.6. The van der Waals surface area contributed by atoms with Gasteiger partial charge in [-0.15, -0.1) is 0 Å². The van der Waals surface area contributed by atoms with Gasteiger partial charge in [0.2, 0.25) is 0 Å². The molecule has 0 radical (unpaired) electrons. The van der Waals surface area contributed by atoms with Crippen LogP contribution in [0.15, 0.2) is 35.4 Å². The van der Waals surface area contributed by atoms with Gasteiger partial charge >= 0.3 is 0 Å². The van der Waals surface area contributed by atoms with Crippen LogP contribution in [0.3, 0.4) is 0 Å². The van der Waals surface area contributed by atoms with Crippen molar-refractivity contribution in [2.45, 2.75) is 38.8 Å². The van der Waals surface area contributed by atoms with Crippen molar-refractivity contribution >= 4 is 23.1 Å². The highest BCUT2D eigenvalue weighted by molar-refractivity contribution is 6.40. The molecule has 0 aliphatic carbocycles. The van der Waals surface area contributed by atoms with E-state index in [1.807, 2.05) is 37.3 Å². The lowest BCUT2D eigenvalue weighted by Gasteiger charge is -2.22. The Morgan fingerprint density at radius 2 is 2.09 bits per heavy atom. The molecule has 6 nitrogen and oxygen atoms in total. The van der Waals surface area contributed by atoms with Crippen molar-refractivity contribution in [2.75, 3.05) is 12.1 Å². The summed E-state index contributed by atoms with van der Waals surface area (Å²) in [6.45, 7) is 3.32. The first-order chi connectivity index (χ1) is 11.0. The summed E-state index contributed by atoms with van der Waals surface area (Å²) in [7, 11) is 1.65. The summed E-state index contributed by atoms with van der Waals surface area (Å²) in [5.74, 6) is -0.273. The predicted molar refractivity (Wildman–Crippen MR) is 87.9 cm³/mol. The lowest BCUT2D eigenvalue weighted by molar-refractivity contribution is -0.124. The summed E-state index contributed by atoms with van der Waals surface area (Å²) in [4.78, 5) is 26.0. The van der Waals surface area contributed by atoms with Crippen molar-refractivity contribution < 1.29 is 9.59 Å². The smallest absolute Gasteiger partial charge is 0.270 e. The van der Waals surface area contributed by atoms with Crippen LogP contribution < -0.4 is 5.01 Å². The number of amides is 1. The molecule has 0 fully saturated rings. The van der Waals surface area contributed by atoms with E-state index < -0.39 is 6.04 Å². The van der Waals surface area contributed by atoms with Crippen LogP contribution in [-0.4, -0.2) is 41.4 Å². The second-order valence-corrected chi connectivity index (χ2v) is 5.68. The monoisotopic (exact) mass is 312 g/mol. The minimum atomic E-state index is -0.462. The molecule has 0 spiro atoms. The molecule has 1 amide bonds. The third-order valence-corrected chi connectivity index (χ3v) is 4.02. The lowest BCUT2D eigenvalue weighted by Crippen LogP contribution is -2.39. The first-order valence-corrected chi connectivity index (χ1v) is 7.52. The van der Waals surface area contributed by atoms with Crippen LogP contribution in [0, 0.1) is 11.3 Å². The lowest BCUT2D eigenvalue weighted by atomic mass is 10.1. The minimum absolute atomic E-state index is 0.0341. The van der Waals surface area contributed by atoms with Gasteiger partial charge in [-0.25, -0.2) is 0 Å². The van der Waals surface area contributed by atoms with E-state index in [0.29, 0.717) is 5.71 Å². The van der Waals surface area contributed by atoms with Crippen molar-refractivity contribution in [1.29, 1.82) is 5.26 Å². The molecule has 23 heavy (non-hydrogen) atoms. The average Bonchev–Trinajstić information content (AvgIpc) is 3.00. The van der Waals surface area contributed by atoms with E-state index in [2.05, 4.69) is 11.2 Å². The largest absolute Gasteiger partial charge is 0.337 e. The maximum Gasteiger partial charge on any atom is 0.270 e. The van der Waals surface area contributed by atoms with Crippen LogP contribution in [0.5, 0.6) is 0 Å². The van der Waals surface area contributed by atoms with Crippen LogP contribution in [-0.2, 0) is 9.59 Å². The average molecular weight is 312 g/mol. The van der Waals surface area contributed by atoms with Gasteiger partial charge in [-0.1, -0.05) is 18.2 Å². The molecule has 0 saturated heterocycles. The number of ketones is 1. The van der Waals surface area contributed by atoms with Gasteiger partial charge in [0.1, 0.15) is 11.8 Å². The molecule has 2 atom stereocenters. The van der Waals surface area contributed by atoms with E-state index in [4.69, 9.17) is 5.26 Å². The first kappa shape index (κ1) is 16.7. The van der Waals surface area contributed by atoms with Crippen molar-refractivity contribution in [3.8, 4) is 6.07 Å².